The van der Waals surface area contributed by atoms with E-state index in [1.165, 1.54) is 0 Å². The van der Waals surface area contributed by atoms with Gasteiger partial charge in [0.05, 0.1) is 29.8 Å². The van der Waals surface area contributed by atoms with Crippen LogP contribution in [0.4, 0.5) is 0 Å². The van der Waals surface area contributed by atoms with Crippen LogP contribution < -0.4 is 10.6 Å². The molecule has 9 heteroatoms. The fraction of sp³-hybridized carbons (Fsp3) is 0.250. The maximum Gasteiger partial charge on any atom is 0.165 e. The molecule has 2 aromatic heterocycles. The molecule has 2 heterocycles. The van der Waals surface area contributed by atoms with Crippen LogP contribution in [0.5, 0.6) is 0 Å². The predicted molar refractivity (Wildman–Crippen MR) is 166 cm³/mol. The van der Waals surface area contributed by atoms with Crippen LogP contribution in [-0.2, 0) is 13.1 Å². The minimum Gasteiger partial charge on any atom is -0.395 e. The van der Waals surface area contributed by atoms with Gasteiger partial charge in [0.2, 0.25) is 0 Å². The van der Waals surface area contributed by atoms with Crippen molar-refractivity contribution in [1.29, 1.82) is 0 Å². The molecule has 0 bridgehead atoms. The van der Waals surface area contributed by atoms with Crippen molar-refractivity contribution in [3.63, 3.8) is 0 Å². The van der Waals surface area contributed by atoms with Crippen LogP contribution in [0.15, 0.2) is 79.0 Å². The number of rotatable bonds is 11. The molecule has 0 unspecified atom stereocenters. The molecule has 0 fully saturated rings. The Bertz CT molecular complexity index is 1650. The number of aliphatic hydroxyl groups excluding tert-OH is 2. The van der Waals surface area contributed by atoms with Crippen molar-refractivity contribution in [2.24, 2.45) is 0 Å². The summed E-state index contributed by atoms with van der Waals surface area (Å²) in [6.07, 6.45) is 1.87. The molecule has 0 aliphatic heterocycles. The van der Waals surface area contributed by atoms with Crippen LogP contribution >= 0.6 is 23.2 Å². The highest BCUT2D eigenvalue weighted by molar-refractivity contribution is 6.39. The van der Waals surface area contributed by atoms with Crippen molar-refractivity contribution in [3.8, 4) is 33.4 Å². The first-order valence-electron chi connectivity index (χ1n) is 13.5. The fourth-order valence-electron chi connectivity index (χ4n) is 4.57. The zero-order chi connectivity index (χ0) is 29.0. The van der Waals surface area contributed by atoms with Gasteiger partial charge in [-0.25, -0.2) is 9.50 Å². The number of aliphatic hydroxyl groups is 2. The van der Waals surface area contributed by atoms with E-state index in [-0.39, 0.29) is 18.8 Å². The van der Waals surface area contributed by atoms with Crippen LogP contribution in [-0.4, -0.2) is 50.1 Å². The molecule has 3 aromatic carbocycles. The average molecular weight is 591 g/mol. The second-order valence-corrected chi connectivity index (χ2v) is 11.3. The molecule has 0 aliphatic rings. The molecule has 4 N–H and O–H groups in total. The lowest BCUT2D eigenvalue weighted by Crippen LogP contribution is -2.42. The van der Waals surface area contributed by atoms with Crippen molar-refractivity contribution in [2.45, 2.75) is 32.5 Å². The van der Waals surface area contributed by atoms with Crippen LogP contribution in [0.25, 0.3) is 39.0 Å². The first-order valence-corrected chi connectivity index (χ1v) is 14.2. The molecule has 0 radical (unpaired) electrons. The Morgan fingerprint density at radius 2 is 1.44 bits per heavy atom. The summed E-state index contributed by atoms with van der Waals surface area (Å²) in [6, 6.07) is 24.1. The number of pyridine rings is 1. The Morgan fingerprint density at radius 3 is 2.07 bits per heavy atom. The van der Waals surface area contributed by atoms with Crippen molar-refractivity contribution in [2.75, 3.05) is 19.8 Å². The number of nitrogens with zero attached hydrogens (tertiary/aromatic N) is 3. The molecule has 0 saturated heterocycles. The second kappa shape index (κ2) is 12.7. The predicted octanol–water partition coefficient (Wildman–Crippen LogP) is 5.98. The third-order valence-electron chi connectivity index (χ3n) is 6.98. The van der Waals surface area contributed by atoms with Crippen molar-refractivity contribution < 1.29 is 10.2 Å². The Balaban J connectivity index is 1.43. The van der Waals surface area contributed by atoms with E-state index in [0.717, 1.165) is 38.9 Å². The summed E-state index contributed by atoms with van der Waals surface area (Å²) in [5, 5.41) is 30.7. The maximum atomic E-state index is 9.49. The van der Waals surface area contributed by atoms with E-state index in [0.29, 0.717) is 41.2 Å². The van der Waals surface area contributed by atoms with Crippen molar-refractivity contribution in [1.82, 2.24) is 25.2 Å². The molecule has 212 valence electrons. The van der Waals surface area contributed by atoms with E-state index in [2.05, 4.69) is 45.0 Å². The highest BCUT2D eigenvalue weighted by atomic mass is 35.5. The number of benzene rings is 3. The molecule has 41 heavy (non-hydrogen) atoms. The minimum atomic E-state index is -0.341. The third-order valence-corrected chi connectivity index (χ3v) is 7.80. The number of hydrogen-bond donors (Lipinski definition) is 4. The molecular weight excluding hydrogens is 557 g/mol. The van der Waals surface area contributed by atoms with Crippen LogP contribution in [0.3, 0.4) is 0 Å². The van der Waals surface area contributed by atoms with Gasteiger partial charge >= 0.3 is 0 Å². The van der Waals surface area contributed by atoms with E-state index in [1.54, 1.807) is 4.52 Å². The Hall–Kier alpha value is -3.30. The highest BCUT2D eigenvalue weighted by Gasteiger charge is 2.17. The van der Waals surface area contributed by atoms with Gasteiger partial charge < -0.3 is 20.8 Å². The summed E-state index contributed by atoms with van der Waals surface area (Å²) in [6.45, 7) is 5.69. The molecule has 0 atom stereocenters. The van der Waals surface area contributed by atoms with E-state index in [1.807, 2.05) is 68.6 Å². The molecule has 7 nitrogen and oxygen atoms in total. The summed E-state index contributed by atoms with van der Waals surface area (Å²) in [5.74, 6) is 0.650. The van der Waals surface area contributed by atoms with Crippen LogP contribution in [0.2, 0.25) is 10.0 Å². The standard InChI is InChI=1S/C32H33Cl2N5O2/c1-32(2,20-41)36-18-21-9-11-22(12-10-21)24-5-3-7-26(30(24)33)27-8-4-6-25(31(27)34)23-13-15-39-29(17-23)37-28(38-39)19-35-14-16-40/h3-13,15,17,35-36,40-41H,14,16,18-20H2,1-2H3. The number of fused-ring (bicyclic) bond motifs is 1. The molecule has 5 aromatic rings. The number of aromatic nitrogens is 3. The van der Waals surface area contributed by atoms with E-state index >= 15 is 0 Å². The first kappa shape index (κ1) is 29.2. The fourth-order valence-corrected chi connectivity index (χ4v) is 5.25. The smallest absolute Gasteiger partial charge is 0.165 e. The lowest BCUT2D eigenvalue weighted by Gasteiger charge is -2.23. The van der Waals surface area contributed by atoms with Gasteiger partial charge in [-0.2, -0.15) is 0 Å². The molecule has 5 rings (SSSR count). The number of hydrogen-bond acceptors (Lipinski definition) is 6. The van der Waals surface area contributed by atoms with Crippen LogP contribution in [0, 0.1) is 0 Å². The number of nitrogens with one attached hydrogen (secondary N) is 2. The monoisotopic (exact) mass is 589 g/mol. The van der Waals surface area contributed by atoms with Gasteiger partial charge in [-0.05, 0) is 42.7 Å². The molecule has 0 saturated carbocycles. The lowest BCUT2D eigenvalue weighted by atomic mass is 9.95. The SMILES string of the molecule is CC(C)(CO)NCc1ccc(-c2cccc(-c3cccc(-c4ccn5nc(CNCCO)nc5c4)c3Cl)c2Cl)cc1. The van der Waals surface area contributed by atoms with E-state index in [4.69, 9.17) is 28.3 Å². The van der Waals surface area contributed by atoms with Gasteiger partial charge in [0.25, 0.3) is 0 Å². The third kappa shape index (κ3) is 6.62. The Kier molecular flexibility index (Phi) is 9.04. The second-order valence-electron chi connectivity index (χ2n) is 10.6. The minimum absolute atomic E-state index is 0.0635. The highest BCUT2D eigenvalue weighted by Crippen LogP contribution is 2.42. The Labute approximate surface area is 249 Å². The summed E-state index contributed by atoms with van der Waals surface area (Å²) in [7, 11) is 0. The molecule has 0 spiro atoms. The zero-order valence-corrected chi connectivity index (χ0v) is 24.5. The average Bonchev–Trinajstić information content (AvgIpc) is 3.39. The van der Waals surface area contributed by atoms with Crippen molar-refractivity contribution >= 4 is 28.8 Å². The quantitative estimate of drug-likeness (QED) is 0.142. The molecule has 0 aliphatic carbocycles. The summed E-state index contributed by atoms with van der Waals surface area (Å²) >= 11 is 14.1. The van der Waals surface area contributed by atoms with E-state index in [9.17, 15) is 5.11 Å². The maximum absolute atomic E-state index is 9.49. The van der Waals surface area contributed by atoms with Gasteiger partial charge in [0, 0.05) is 47.1 Å². The topological polar surface area (TPSA) is 94.7 Å². The Morgan fingerprint density at radius 1 is 0.805 bits per heavy atom. The van der Waals surface area contributed by atoms with Crippen LogP contribution in [0.1, 0.15) is 25.2 Å². The van der Waals surface area contributed by atoms with Crippen molar-refractivity contribution in [3.05, 3.63) is 100 Å². The van der Waals surface area contributed by atoms with Gasteiger partial charge in [-0.3, -0.25) is 0 Å². The first-order chi connectivity index (χ1) is 19.8. The lowest BCUT2D eigenvalue weighted by molar-refractivity contribution is 0.187. The summed E-state index contributed by atoms with van der Waals surface area (Å²) in [5.41, 5.74) is 6.92. The normalized spacial score (nSPS) is 11.9. The summed E-state index contributed by atoms with van der Waals surface area (Å²) in [4.78, 5) is 4.60. The van der Waals surface area contributed by atoms with Gasteiger partial charge in [0.15, 0.2) is 11.5 Å². The molecular formula is C32H33Cl2N5O2. The number of halogens is 2. The van der Waals surface area contributed by atoms with Gasteiger partial charge in [0.1, 0.15) is 0 Å². The zero-order valence-electron chi connectivity index (χ0n) is 23.0. The largest absolute Gasteiger partial charge is 0.395 e. The molecule has 0 amide bonds. The summed E-state index contributed by atoms with van der Waals surface area (Å²) < 4.78 is 1.73. The van der Waals surface area contributed by atoms with E-state index < -0.39 is 0 Å². The van der Waals surface area contributed by atoms with Gasteiger partial charge in [-0.15, -0.1) is 5.10 Å². The van der Waals surface area contributed by atoms with Gasteiger partial charge in [-0.1, -0.05) is 83.9 Å².